The van der Waals surface area contributed by atoms with Crippen molar-refractivity contribution in [2.45, 2.75) is 32.2 Å². The van der Waals surface area contributed by atoms with Gasteiger partial charge in [0, 0.05) is 24.5 Å². The quantitative estimate of drug-likeness (QED) is 0.763. The van der Waals surface area contributed by atoms with E-state index in [4.69, 9.17) is 0 Å². The van der Waals surface area contributed by atoms with E-state index in [0.717, 1.165) is 13.0 Å². The topological polar surface area (TPSA) is 35.6 Å². The molecular weight excluding hydrogens is 200 g/mol. The van der Waals surface area contributed by atoms with Crippen molar-refractivity contribution < 1.29 is 0 Å². The van der Waals surface area contributed by atoms with Crippen molar-refractivity contribution in [2.24, 2.45) is 7.05 Å². The molecule has 4 nitrogen and oxygen atoms in total. The first-order valence-corrected chi connectivity index (χ1v) is 5.83. The molecule has 1 aliphatic rings. The molecule has 16 heavy (non-hydrogen) atoms. The van der Waals surface area contributed by atoms with Crippen LogP contribution >= 0.6 is 0 Å². The summed E-state index contributed by atoms with van der Waals surface area (Å²) in [6.07, 6.45) is 10.9. The molecule has 0 aliphatic heterocycles. The number of rotatable bonds is 2. The second-order valence-electron chi connectivity index (χ2n) is 4.50. The fraction of sp³-hybridized carbons (Fsp3) is 0.500. The summed E-state index contributed by atoms with van der Waals surface area (Å²) in [6.45, 7) is 0.899. The molecule has 84 valence electrons. The van der Waals surface area contributed by atoms with Gasteiger partial charge in [0.05, 0.1) is 24.8 Å². The molecule has 0 radical (unpaired) electrons. The van der Waals surface area contributed by atoms with Gasteiger partial charge in [0.15, 0.2) is 0 Å². The molecular formula is C12H16N4. The zero-order valence-electron chi connectivity index (χ0n) is 9.56. The zero-order valence-corrected chi connectivity index (χ0v) is 9.56. The number of aryl methyl sites for hydroxylation is 2. The molecule has 0 fully saturated rings. The molecule has 1 aliphatic carbocycles. The Labute approximate surface area is 94.9 Å². The molecule has 4 heteroatoms. The fourth-order valence-corrected chi connectivity index (χ4v) is 2.42. The summed E-state index contributed by atoms with van der Waals surface area (Å²) >= 11 is 0. The number of aromatic nitrogens is 4. The van der Waals surface area contributed by atoms with E-state index in [0.29, 0.717) is 0 Å². The summed E-state index contributed by atoms with van der Waals surface area (Å²) < 4.78 is 4.12. The highest BCUT2D eigenvalue weighted by Crippen LogP contribution is 2.20. The molecule has 0 bridgehead atoms. The molecule has 0 saturated heterocycles. The van der Waals surface area contributed by atoms with Crippen LogP contribution in [0.1, 0.15) is 29.8 Å². The van der Waals surface area contributed by atoms with Crippen molar-refractivity contribution in [3.8, 4) is 0 Å². The number of hydrogen-bond acceptors (Lipinski definition) is 2. The van der Waals surface area contributed by atoms with Crippen LogP contribution in [0.5, 0.6) is 0 Å². The third-order valence-corrected chi connectivity index (χ3v) is 3.22. The van der Waals surface area contributed by atoms with Crippen LogP contribution in [0.2, 0.25) is 0 Å². The Morgan fingerprint density at radius 2 is 2.19 bits per heavy atom. The second kappa shape index (κ2) is 3.77. The van der Waals surface area contributed by atoms with Crippen LogP contribution in [-0.4, -0.2) is 19.3 Å². The smallest absolute Gasteiger partial charge is 0.0954 e. The van der Waals surface area contributed by atoms with Crippen LogP contribution in [0, 0.1) is 0 Å². The fourth-order valence-electron chi connectivity index (χ4n) is 2.42. The minimum Gasteiger partial charge on any atom is -0.330 e. The van der Waals surface area contributed by atoms with Gasteiger partial charge in [-0.15, -0.1) is 0 Å². The van der Waals surface area contributed by atoms with Gasteiger partial charge in [-0.25, -0.2) is 4.98 Å². The second-order valence-corrected chi connectivity index (χ2v) is 4.50. The lowest BCUT2D eigenvalue weighted by Crippen LogP contribution is -2.08. The molecule has 2 aromatic rings. The van der Waals surface area contributed by atoms with Crippen LogP contribution in [0.3, 0.4) is 0 Å². The first kappa shape index (κ1) is 9.63. The lowest BCUT2D eigenvalue weighted by Gasteiger charge is -2.13. The van der Waals surface area contributed by atoms with Gasteiger partial charge in [0.25, 0.3) is 0 Å². The Kier molecular flexibility index (Phi) is 2.27. The van der Waals surface area contributed by atoms with Crippen molar-refractivity contribution in [3.63, 3.8) is 0 Å². The Bertz CT molecular complexity index is 495. The largest absolute Gasteiger partial charge is 0.330 e. The third-order valence-electron chi connectivity index (χ3n) is 3.22. The van der Waals surface area contributed by atoms with Crippen molar-refractivity contribution >= 4 is 0 Å². The van der Waals surface area contributed by atoms with Gasteiger partial charge in [0.1, 0.15) is 0 Å². The van der Waals surface area contributed by atoms with E-state index in [1.54, 1.807) is 0 Å². The highest BCUT2D eigenvalue weighted by atomic mass is 15.2. The average molecular weight is 216 g/mol. The minimum absolute atomic E-state index is 0.899. The summed E-state index contributed by atoms with van der Waals surface area (Å²) in [4.78, 5) is 4.50. The van der Waals surface area contributed by atoms with Crippen LogP contribution in [0.4, 0.5) is 0 Å². The van der Waals surface area contributed by atoms with Gasteiger partial charge in [-0.1, -0.05) is 0 Å². The highest BCUT2D eigenvalue weighted by molar-refractivity contribution is 5.18. The number of hydrogen-bond donors (Lipinski definition) is 0. The van der Waals surface area contributed by atoms with E-state index in [9.17, 15) is 0 Å². The van der Waals surface area contributed by atoms with Crippen LogP contribution in [-0.2, 0) is 26.4 Å². The predicted molar refractivity (Wildman–Crippen MR) is 61.2 cm³/mol. The third kappa shape index (κ3) is 1.64. The molecule has 0 saturated carbocycles. The normalized spacial score (nSPS) is 15.1. The molecule has 0 amide bonds. The van der Waals surface area contributed by atoms with E-state index >= 15 is 0 Å². The monoisotopic (exact) mass is 216 g/mol. The Morgan fingerprint density at radius 3 is 3.00 bits per heavy atom. The first-order chi connectivity index (χ1) is 7.83. The van der Waals surface area contributed by atoms with Gasteiger partial charge >= 0.3 is 0 Å². The standard InChI is InChI=1S/C12H16N4/c1-15-7-10(6-14-15)8-16-9-13-11-4-2-3-5-12(11)16/h6-7,9H,2-5,8H2,1H3. The molecule has 2 heterocycles. The van der Waals surface area contributed by atoms with E-state index in [2.05, 4.69) is 20.8 Å². The van der Waals surface area contributed by atoms with Crippen molar-refractivity contribution in [1.29, 1.82) is 0 Å². The van der Waals surface area contributed by atoms with Gasteiger partial charge in [-0.2, -0.15) is 5.10 Å². The number of imidazole rings is 1. The molecule has 0 N–H and O–H groups in total. The van der Waals surface area contributed by atoms with E-state index in [1.807, 2.05) is 24.3 Å². The molecule has 0 aromatic carbocycles. The summed E-state index contributed by atoms with van der Waals surface area (Å²) in [5, 5.41) is 4.19. The van der Waals surface area contributed by atoms with Gasteiger partial charge in [-0.3, -0.25) is 4.68 Å². The molecule has 0 unspecified atom stereocenters. The maximum absolute atomic E-state index is 4.50. The van der Waals surface area contributed by atoms with Gasteiger partial charge in [0.2, 0.25) is 0 Å². The van der Waals surface area contributed by atoms with Crippen molar-refractivity contribution in [1.82, 2.24) is 19.3 Å². The molecule has 0 atom stereocenters. The van der Waals surface area contributed by atoms with Crippen LogP contribution in [0.15, 0.2) is 18.7 Å². The minimum atomic E-state index is 0.899. The highest BCUT2D eigenvalue weighted by Gasteiger charge is 2.15. The summed E-state index contributed by atoms with van der Waals surface area (Å²) in [7, 11) is 1.95. The summed E-state index contributed by atoms with van der Waals surface area (Å²) in [6, 6.07) is 0. The summed E-state index contributed by atoms with van der Waals surface area (Å²) in [5.41, 5.74) is 3.97. The van der Waals surface area contributed by atoms with Gasteiger partial charge in [-0.05, 0) is 25.7 Å². The zero-order chi connectivity index (χ0) is 11.0. The maximum Gasteiger partial charge on any atom is 0.0954 e. The van der Waals surface area contributed by atoms with E-state index < -0.39 is 0 Å². The first-order valence-electron chi connectivity index (χ1n) is 5.83. The Hall–Kier alpha value is -1.58. The molecule has 2 aromatic heterocycles. The van der Waals surface area contributed by atoms with Crippen LogP contribution in [0.25, 0.3) is 0 Å². The summed E-state index contributed by atoms with van der Waals surface area (Å²) in [5.74, 6) is 0. The molecule has 0 spiro atoms. The Balaban J connectivity index is 1.87. The average Bonchev–Trinajstić information content (AvgIpc) is 2.87. The number of nitrogens with zero attached hydrogens (tertiary/aromatic N) is 4. The number of fused-ring (bicyclic) bond motifs is 1. The lowest BCUT2D eigenvalue weighted by atomic mass is 10.0. The SMILES string of the molecule is Cn1cc(Cn2cnc3c2CCCC3)cn1. The maximum atomic E-state index is 4.50. The molecule has 3 rings (SSSR count). The van der Waals surface area contributed by atoms with E-state index in [-0.39, 0.29) is 0 Å². The predicted octanol–water partition coefficient (Wildman–Crippen LogP) is 1.54. The van der Waals surface area contributed by atoms with Crippen molar-refractivity contribution in [2.75, 3.05) is 0 Å². The van der Waals surface area contributed by atoms with E-state index in [1.165, 1.54) is 36.2 Å². The van der Waals surface area contributed by atoms with Crippen LogP contribution < -0.4 is 0 Å². The van der Waals surface area contributed by atoms with Gasteiger partial charge < -0.3 is 4.57 Å². The Morgan fingerprint density at radius 1 is 1.31 bits per heavy atom. The van der Waals surface area contributed by atoms with Crippen molar-refractivity contribution in [3.05, 3.63) is 35.7 Å². The lowest BCUT2D eigenvalue weighted by molar-refractivity contribution is 0.628.